The van der Waals surface area contributed by atoms with Crippen molar-refractivity contribution >= 4 is 11.9 Å². The molecule has 0 spiro atoms. The summed E-state index contributed by atoms with van der Waals surface area (Å²) in [6, 6.07) is 12.3. The average Bonchev–Trinajstić information content (AvgIpc) is 2.68. The van der Waals surface area contributed by atoms with Crippen LogP contribution in [-0.2, 0) is 18.3 Å². The number of piperidine rings is 1. The fourth-order valence-corrected chi connectivity index (χ4v) is 3.71. The number of nitrogens with zero attached hydrogens (tertiary/aromatic N) is 2. The van der Waals surface area contributed by atoms with Crippen LogP contribution in [0.1, 0.15) is 28.0 Å². The highest BCUT2D eigenvalue weighted by Crippen LogP contribution is 2.36. The second kappa shape index (κ2) is 7.59. The van der Waals surface area contributed by atoms with E-state index in [1.54, 1.807) is 20.0 Å². The van der Waals surface area contributed by atoms with E-state index in [0.29, 0.717) is 0 Å². The van der Waals surface area contributed by atoms with Gasteiger partial charge in [-0.25, -0.2) is 0 Å². The summed E-state index contributed by atoms with van der Waals surface area (Å²) in [6.07, 6.45) is -0.952. The third-order valence-corrected chi connectivity index (χ3v) is 5.72. The number of β-amino-alcohol motifs (C(OH)–C–C–N with tert-alkyl or cyclic N) is 1. The molecule has 2 atom stereocenters. The van der Waals surface area contributed by atoms with Crippen LogP contribution in [0.3, 0.4) is 0 Å². The van der Waals surface area contributed by atoms with Crippen LogP contribution in [0.2, 0.25) is 0 Å². The fraction of sp³-hybridized carbons (Fsp3) is 0.381. The highest BCUT2D eigenvalue weighted by atomic mass is 16.4. The minimum Gasteiger partial charge on any atom is -0.481 e. The number of aliphatic hydroxyl groups is 1. The van der Waals surface area contributed by atoms with Gasteiger partial charge < -0.3 is 19.7 Å². The minimum atomic E-state index is -1.36. The van der Waals surface area contributed by atoms with Crippen LogP contribution in [0, 0.1) is 12.3 Å². The van der Waals surface area contributed by atoms with Crippen LogP contribution in [0.25, 0.3) is 0 Å². The summed E-state index contributed by atoms with van der Waals surface area (Å²) < 4.78 is 1.39. The number of pyridine rings is 1. The average molecular weight is 384 g/mol. The molecule has 1 saturated heterocycles. The van der Waals surface area contributed by atoms with Gasteiger partial charge in [0, 0.05) is 25.8 Å². The Morgan fingerprint density at radius 3 is 2.46 bits per heavy atom. The highest BCUT2D eigenvalue weighted by Gasteiger charge is 2.49. The minimum absolute atomic E-state index is 0.0196. The summed E-state index contributed by atoms with van der Waals surface area (Å²) in [7, 11) is 1.59. The van der Waals surface area contributed by atoms with E-state index in [9.17, 15) is 24.6 Å². The van der Waals surface area contributed by atoms with Gasteiger partial charge in [-0.2, -0.15) is 0 Å². The predicted molar refractivity (Wildman–Crippen MR) is 103 cm³/mol. The molecule has 2 aromatic rings. The first kappa shape index (κ1) is 19.8. The number of aromatic nitrogens is 1. The molecule has 28 heavy (non-hydrogen) atoms. The number of likely N-dealkylation sites (tertiary alicyclic amines) is 1. The molecule has 1 aliphatic heterocycles. The standard InChI is InChI=1S/C21H24N2O5/c1-14-8-9-16(18(25)22(14)2)19(26)23-11-10-21(20(27)28,17(24)13-23)12-15-6-4-3-5-7-15/h3-9,17,24H,10-13H2,1-2H3,(H,27,28)/t17-,21+/m0/s1. The van der Waals surface area contributed by atoms with Gasteiger partial charge in [0.05, 0.1) is 6.10 Å². The molecule has 1 fully saturated rings. The van der Waals surface area contributed by atoms with Crippen LogP contribution >= 0.6 is 0 Å². The molecule has 7 nitrogen and oxygen atoms in total. The molecule has 2 heterocycles. The van der Waals surface area contributed by atoms with Crippen molar-refractivity contribution in [1.29, 1.82) is 0 Å². The third kappa shape index (κ3) is 3.45. The summed E-state index contributed by atoms with van der Waals surface area (Å²) in [5.74, 6) is -1.57. The molecule has 1 aliphatic rings. The number of hydrogen-bond donors (Lipinski definition) is 2. The van der Waals surface area contributed by atoms with E-state index >= 15 is 0 Å². The number of hydrogen-bond acceptors (Lipinski definition) is 4. The second-order valence-electron chi connectivity index (χ2n) is 7.39. The van der Waals surface area contributed by atoms with E-state index in [1.165, 1.54) is 15.5 Å². The number of aliphatic carboxylic acids is 1. The van der Waals surface area contributed by atoms with Crippen LogP contribution in [0.5, 0.6) is 0 Å². The molecule has 7 heteroatoms. The number of aryl methyl sites for hydroxylation is 1. The number of benzene rings is 1. The predicted octanol–water partition coefficient (Wildman–Crippen LogP) is 1.21. The van der Waals surface area contributed by atoms with Crippen molar-refractivity contribution in [2.75, 3.05) is 13.1 Å². The van der Waals surface area contributed by atoms with Crippen molar-refractivity contribution in [3.8, 4) is 0 Å². The maximum absolute atomic E-state index is 12.8. The van der Waals surface area contributed by atoms with Gasteiger partial charge in [0.15, 0.2) is 0 Å². The van der Waals surface area contributed by atoms with Crippen molar-refractivity contribution in [3.05, 3.63) is 69.6 Å². The number of carboxylic acids is 1. The Hall–Kier alpha value is -2.93. The molecule has 0 unspecified atom stereocenters. The zero-order valence-corrected chi connectivity index (χ0v) is 16.0. The Morgan fingerprint density at radius 1 is 1.18 bits per heavy atom. The van der Waals surface area contributed by atoms with Crippen molar-refractivity contribution in [2.24, 2.45) is 12.5 Å². The van der Waals surface area contributed by atoms with E-state index in [-0.39, 0.29) is 31.5 Å². The zero-order chi connectivity index (χ0) is 20.5. The molecule has 2 N–H and O–H groups in total. The molecule has 0 bridgehead atoms. The molecule has 148 valence electrons. The number of aliphatic hydroxyl groups excluding tert-OH is 1. The number of rotatable bonds is 4. The Kier molecular flexibility index (Phi) is 5.38. The number of amides is 1. The highest BCUT2D eigenvalue weighted by molar-refractivity contribution is 5.94. The largest absolute Gasteiger partial charge is 0.481 e. The lowest BCUT2D eigenvalue weighted by Gasteiger charge is -2.42. The Labute approximate surface area is 162 Å². The van der Waals surface area contributed by atoms with Crippen LogP contribution < -0.4 is 5.56 Å². The Balaban J connectivity index is 1.84. The topological polar surface area (TPSA) is 99.8 Å². The number of carbonyl (C=O) groups is 2. The van der Waals surface area contributed by atoms with Gasteiger partial charge in [0.2, 0.25) is 0 Å². The zero-order valence-electron chi connectivity index (χ0n) is 16.0. The maximum atomic E-state index is 12.8. The maximum Gasteiger partial charge on any atom is 0.312 e. The van der Waals surface area contributed by atoms with Gasteiger partial charge in [0.25, 0.3) is 11.5 Å². The number of carboxylic acid groups (broad SMARTS) is 1. The SMILES string of the molecule is Cc1ccc(C(=O)N2CC[C@](Cc3ccccc3)(C(=O)O)[C@@H](O)C2)c(=O)n1C. The molecule has 1 amide bonds. The van der Waals surface area contributed by atoms with Gasteiger partial charge in [-0.3, -0.25) is 14.4 Å². The molecule has 1 aromatic heterocycles. The van der Waals surface area contributed by atoms with Crippen LogP contribution in [0.4, 0.5) is 0 Å². The summed E-state index contributed by atoms with van der Waals surface area (Å²) >= 11 is 0. The van der Waals surface area contributed by atoms with Crippen molar-refractivity contribution < 1.29 is 19.8 Å². The second-order valence-corrected chi connectivity index (χ2v) is 7.39. The van der Waals surface area contributed by atoms with Gasteiger partial charge in [-0.15, -0.1) is 0 Å². The number of carbonyl (C=O) groups excluding carboxylic acids is 1. The molecule has 1 aromatic carbocycles. The van der Waals surface area contributed by atoms with Gasteiger partial charge in [0.1, 0.15) is 11.0 Å². The molecular weight excluding hydrogens is 360 g/mol. The summed E-state index contributed by atoms with van der Waals surface area (Å²) in [4.78, 5) is 38.6. The van der Waals surface area contributed by atoms with E-state index in [0.717, 1.165) is 11.3 Å². The molecule has 0 saturated carbocycles. The van der Waals surface area contributed by atoms with Crippen molar-refractivity contribution in [2.45, 2.75) is 25.9 Å². The van der Waals surface area contributed by atoms with Gasteiger partial charge in [-0.1, -0.05) is 30.3 Å². The van der Waals surface area contributed by atoms with E-state index < -0.39 is 29.0 Å². The van der Waals surface area contributed by atoms with Gasteiger partial charge in [-0.05, 0) is 37.5 Å². The molecular formula is C21H24N2O5. The Bertz CT molecular complexity index is 953. The lowest BCUT2D eigenvalue weighted by molar-refractivity contribution is -0.161. The molecule has 0 aliphatic carbocycles. The first-order valence-corrected chi connectivity index (χ1v) is 9.17. The summed E-state index contributed by atoms with van der Waals surface area (Å²) in [5, 5.41) is 20.6. The van der Waals surface area contributed by atoms with Crippen molar-refractivity contribution in [1.82, 2.24) is 9.47 Å². The Morgan fingerprint density at radius 2 is 1.86 bits per heavy atom. The molecule has 3 rings (SSSR count). The normalized spacial score (nSPS) is 22.1. The first-order chi connectivity index (χ1) is 13.3. The fourth-order valence-electron chi connectivity index (χ4n) is 3.71. The van der Waals surface area contributed by atoms with Crippen LogP contribution in [0.15, 0.2) is 47.3 Å². The first-order valence-electron chi connectivity index (χ1n) is 9.17. The van der Waals surface area contributed by atoms with E-state index in [2.05, 4.69) is 0 Å². The van der Waals surface area contributed by atoms with E-state index in [1.807, 2.05) is 30.3 Å². The lowest BCUT2D eigenvalue weighted by atomic mass is 9.71. The molecule has 0 radical (unpaired) electrons. The van der Waals surface area contributed by atoms with Crippen molar-refractivity contribution in [3.63, 3.8) is 0 Å². The quantitative estimate of drug-likeness (QED) is 0.826. The van der Waals surface area contributed by atoms with Gasteiger partial charge >= 0.3 is 5.97 Å². The van der Waals surface area contributed by atoms with E-state index in [4.69, 9.17) is 0 Å². The smallest absolute Gasteiger partial charge is 0.312 e. The monoisotopic (exact) mass is 384 g/mol. The lowest BCUT2D eigenvalue weighted by Crippen LogP contribution is -2.57. The summed E-state index contributed by atoms with van der Waals surface area (Å²) in [6.45, 7) is 1.80. The third-order valence-electron chi connectivity index (χ3n) is 5.72. The van der Waals surface area contributed by atoms with Crippen LogP contribution in [-0.4, -0.2) is 50.8 Å². The summed E-state index contributed by atoms with van der Waals surface area (Å²) in [5.41, 5.74) is -0.203.